The molecule has 0 aliphatic rings. The molecule has 0 aliphatic heterocycles. The van der Waals surface area contributed by atoms with Crippen LogP contribution >= 0.6 is 0 Å². The van der Waals surface area contributed by atoms with Crippen molar-refractivity contribution in [3.63, 3.8) is 0 Å². The highest BCUT2D eigenvalue weighted by atomic mass is 15.1. The van der Waals surface area contributed by atoms with Gasteiger partial charge < -0.3 is 10.6 Å². The maximum absolute atomic E-state index is 5.95. The summed E-state index contributed by atoms with van der Waals surface area (Å²) in [6.07, 6.45) is 0. The fourth-order valence-corrected chi connectivity index (χ4v) is 2.73. The maximum atomic E-state index is 5.95. The molecule has 0 radical (unpaired) electrons. The first kappa shape index (κ1) is 16.2. The van der Waals surface area contributed by atoms with Crippen LogP contribution in [0.4, 0.5) is 0 Å². The van der Waals surface area contributed by atoms with Crippen molar-refractivity contribution >= 4 is 0 Å². The third kappa shape index (κ3) is 3.80. The zero-order valence-corrected chi connectivity index (χ0v) is 13.6. The molecule has 2 N–H and O–H groups in total. The van der Waals surface area contributed by atoms with E-state index in [0.717, 1.165) is 0 Å². The van der Waals surface area contributed by atoms with E-state index in [2.05, 4.69) is 77.9 Å². The summed E-state index contributed by atoms with van der Waals surface area (Å²) in [6, 6.07) is 9.34. The first-order chi connectivity index (χ1) is 8.59. The van der Waals surface area contributed by atoms with E-state index in [0.29, 0.717) is 12.6 Å². The first-order valence-corrected chi connectivity index (χ1v) is 7.06. The third-order valence-electron chi connectivity index (χ3n) is 3.88. The van der Waals surface area contributed by atoms with Gasteiger partial charge in [0.05, 0.1) is 0 Å². The van der Waals surface area contributed by atoms with Gasteiger partial charge in [-0.2, -0.15) is 0 Å². The molecule has 0 fully saturated rings. The molecule has 2 nitrogen and oxygen atoms in total. The average Bonchev–Trinajstić information content (AvgIpc) is 2.27. The summed E-state index contributed by atoms with van der Waals surface area (Å²) in [6.45, 7) is 11.9. The lowest BCUT2D eigenvalue weighted by atomic mass is 9.78. The van der Waals surface area contributed by atoms with Crippen LogP contribution < -0.4 is 5.73 Å². The molecule has 0 saturated heterocycles. The number of benzene rings is 1. The largest absolute Gasteiger partial charge is 0.330 e. The predicted octanol–water partition coefficient (Wildman–Crippen LogP) is 3.57. The van der Waals surface area contributed by atoms with Crippen molar-refractivity contribution in [1.29, 1.82) is 0 Å². The fourth-order valence-electron chi connectivity index (χ4n) is 2.73. The Morgan fingerprint density at radius 2 is 1.47 bits per heavy atom. The number of rotatable bonds is 4. The van der Waals surface area contributed by atoms with Crippen molar-refractivity contribution in [2.24, 2.45) is 11.1 Å². The molecule has 1 atom stereocenters. The Morgan fingerprint density at radius 3 is 1.79 bits per heavy atom. The SMILES string of the molecule is CN(C)C(c1ccc(C(C)(C)C)cc1)C(C)(C)CN. The highest BCUT2D eigenvalue weighted by Gasteiger charge is 2.31. The van der Waals surface area contributed by atoms with Crippen molar-refractivity contribution in [3.05, 3.63) is 35.4 Å². The van der Waals surface area contributed by atoms with Gasteiger partial charge in [0.15, 0.2) is 0 Å². The Bertz CT molecular complexity index is 396. The second-order valence-electron chi connectivity index (χ2n) is 7.43. The Kier molecular flexibility index (Phi) is 4.81. The van der Waals surface area contributed by atoms with Gasteiger partial charge in [0.25, 0.3) is 0 Å². The van der Waals surface area contributed by atoms with Crippen molar-refractivity contribution < 1.29 is 0 Å². The number of nitrogens with two attached hydrogens (primary N) is 1. The molecule has 108 valence electrons. The van der Waals surface area contributed by atoms with Gasteiger partial charge >= 0.3 is 0 Å². The smallest absolute Gasteiger partial charge is 0.0405 e. The highest BCUT2D eigenvalue weighted by molar-refractivity contribution is 5.30. The summed E-state index contributed by atoms with van der Waals surface area (Å²) >= 11 is 0. The Labute approximate surface area is 119 Å². The van der Waals surface area contributed by atoms with Gasteiger partial charge in [-0.15, -0.1) is 0 Å². The van der Waals surface area contributed by atoms with Gasteiger partial charge in [-0.05, 0) is 42.6 Å². The monoisotopic (exact) mass is 262 g/mol. The van der Waals surface area contributed by atoms with Gasteiger partial charge in [-0.3, -0.25) is 0 Å². The molecule has 1 rings (SSSR count). The van der Waals surface area contributed by atoms with Crippen LogP contribution in [0.1, 0.15) is 51.8 Å². The molecule has 19 heavy (non-hydrogen) atoms. The standard InChI is InChI=1S/C17H30N2/c1-16(2,3)14-10-8-13(9-11-14)15(19(6)7)17(4,5)12-18/h8-11,15H,12,18H2,1-7H3. The predicted molar refractivity (Wildman–Crippen MR) is 84.4 cm³/mol. The Hall–Kier alpha value is -0.860. The van der Waals surface area contributed by atoms with Crippen molar-refractivity contribution in [2.45, 2.75) is 46.1 Å². The van der Waals surface area contributed by atoms with Crippen LogP contribution in [0.25, 0.3) is 0 Å². The van der Waals surface area contributed by atoms with Crippen LogP contribution in [-0.4, -0.2) is 25.5 Å². The van der Waals surface area contributed by atoms with E-state index in [1.165, 1.54) is 11.1 Å². The first-order valence-electron chi connectivity index (χ1n) is 7.06. The molecule has 0 spiro atoms. The molecular formula is C17H30N2. The molecule has 0 aromatic heterocycles. The zero-order valence-electron chi connectivity index (χ0n) is 13.6. The minimum absolute atomic E-state index is 0.0623. The molecule has 0 aliphatic carbocycles. The van der Waals surface area contributed by atoms with Crippen LogP contribution in [0.2, 0.25) is 0 Å². The van der Waals surface area contributed by atoms with E-state index in [-0.39, 0.29) is 10.8 Å². The lowest BCUT2D eigenvalue weighted by Crippen LogP contribution is -2.38. The second kappa shape index (κ2) is 5.64. The summed E-state index contributed by atoms with van der Waals surface area (Å²) in [5.41, 5.74) is 8.94. The van der Waals surface area contributed by atoms with Crippen LogP contribution in [0, 0.1) is 5.41 Å². The number of nitrogens with zero attached hydrogens (tertiary/aromatic N) is 1. The maximum Gasteiger partial charge on any atom is 0.0405 e. The topological polar surface area (TPSA) is 29.3 Å². The molecule has 0 bridgehead atoms. The second-order valence-corrected chi connectivity index (χ2v) is 7.43. The average molecular weight is 262 g/mol. The quantitative estimate of drug-likeness (QED) is 0.899. The number of hydrogen-bond acceptors (Lipinski definition) is 2. The van der Waals surface area contributed by atoms with E-state index in [1.807, 2.05) is 0 Å². The van der Waals surface area contributed by atoms with Crippen LogP contribution in [0.5, 0.6) is 0 Å². The highest BCUT2D eigenvalue weighted by Crippen LogP contribution is 2.36. The Balaban J connectivity index is 3.13. The van der Waals surface area contributed by atoms with Gasteiger partial charge in [0.1, 0.15) is 0 Å². The minimum Gasteiger partial charge on any atom is -0.330 e. The van der Waals surface area contributed by atoms with E-state index < -0.39 is 0 Å². The van der Waals surface area contributed by atoms with Gasteiger partial charge in [0.2, 0.25) is 0 Å². The van der Waals surface area contributed by atoms with Crippen molar-refractivity contribution in [3.8, 4) is 0 Å². The van der Waals surface area contributed by atoms with E-state index in [4.69, 9.17) is 5.73 Å². The summed E-state index contributed by atoms with van der Waals surface area (Å²) in [5, 5.41) is 0. The van der Waals surface area contributed by atoms with Crippen LogP contribution in [-0.2, 0) is 5.41 Å². The van der Waals surface area contributed by atoms with Crippen molar-refractivity contribution in [1.82, 2.24) is 4.90 Å². The van der Waals surface area contributed by atoms with E-state index in [9.17, 15) is 0 Å². The lowest BCUT2D eigenvalue weighted by molar-refractivity contribution is 0.143. The molecule has 0 amide bonds. The van der Waals surface area contributed by atoms with Crippen LogP contribution in [0.15, 0.2) is 24.3 Å². The molecular weight excluding hydrogens is 232 g/mol. The zero-order chi connectivity index (χ0) is 14.8. The minimum atomic E-state index is 0.0623. The fraction of sp³-hybridized carbons (Fsp3) is 0.647. The normalized spacial score (nSPS) is 14.8. The van der Waals surface area contributed by atoms with Gasteiger partial charge in [-0.25, -0.2) is 0 Å². The van der Waals surface area contributed by atoms with Crippen molar-refractivity contribution in [2.75, 3.05) is 20.6 Å². The molecule has 1 aromatic carbocycles. The summed E-state index contributed by atoms with van der Waals surface area (Å²) in [5.74, 6) is 0. The third-order valence-corrected chi connectivity index (χ3v) is 3.88. The lowest BCUT2D eigenvalue weighted by Gasteiger charge is -2.38. The van der Waals surface area contributed by atoms with E-state index in [1.54, 1.807) is 0 Å². The molecule has 1 unspecified atom stereocenters. The molecule has 0 heterocycles. The number of hydrogen-bond donors (Lipinski definition) is 1. The molecule has 2 heteroatoms. The van der Waals surface area contributed by atoms with Gasteiger partial charge in [-0.1, -0.05) is 58.9 Å². The summed E-state index contributed by atoms with van der Waals surface area (Å²) in [4.78, 5) is 2.26. The van der Waals surface area contributed by atoms with E-state index >= 15 is 0 Å². The summed E-state index contributed by atoms with van der Waals surface area (Å²) in [7, 11) is 4.25. The summed E-state index contributed by atoms with van der Waals surface area (Å²) < 4.78 is 0. The Morgan fingerprint density at radius 1 is 1.00 bits per heavy atom. The van der Waals surface area contributed by atoms with Gasteiger partial charge in [0, 0.05) is 6.04 Å². The molecule has 0 saturated carbocycles. The molecule has 1 aromatic rings. The van der Waals surface area contributed by atoms with Crippen LogP contribution in [0.3, 0.4) is 0 Å².